The summed E-state index contributed by atoms with van der Waals surface area (Å²) in [6, 6.07) is 0. The minimum atomic E-state index is 0.679. The van der Waals surface area contributed by atoms with Crippen LogP contribution in [0.4, 0.5) is 0 Å². The van der Waals surface area contributed by atoms with E-state index >= 15 is 0 Å². The Kier molecular flexibility index (Phi) is 11.9. The molecule has 1 aromatic rings. The van der Waals surface area contributed by atoms with Gasteiger partial charge < -0.3 is 21.3 Å². The first-order valence-corrected chi connectivity index (χ1v) is 10.7. The Balaban J connectivity index is 2.26. The van der Waals surface area contributed by atoms with Crippen molar-refractivity contribution in [3.63, 3.8) is 0 Å². The molecular weight excluding hydrogens is 380 g/mol. The third-order valence-electron chi connectivity index (χ3n) is 2.86. The highest BCUT2D eigenvalue weighted by atomic mass is 32.2. The van der Waals surface area contributed by atoms with E-state index in [1.165, 1.54) is 0 Å². The molecule has 0 radical (unpaired) electrons. The predicted molar refractivity (Wildman–Crippen MR) is 114 cm³/mol. The van der Waals surface area contributed by atoms with Crippen molar-refractivity contribution in [1.29, 1.82) is 0 Å². The Morgan fingerprint density at radius 1 is 0.875 bits per heavy atom. The van der Waals surface area contributed by atoms with Gasteiger partial charge in [-0.2, -0.15) is 23.5 Å². The zero-order valence-corrected chi connectivity index (χ0v) is 17.2. The quantitative estimate of drug-likeness (QED) is 0.337. The van der Waals surface area contributed by atoms with Gasteiger partial charge in [0.1, 0.15) is 0 Å². The zero-order chi connectivity index (χ0) is 17.6. The molecule has 24 heavy (non-hydrogen) atoms. The largest absolute Gasteiger partial charge is 0.366 e. The van der Waals surface area contributed by atoms with Gasteiger partial charge in [0.05, 0.1) is 11.4 Å². The van der Waals surface area contributed by atoms with E-state index in [9.17, 15) is 0 Å². The summed E-state index contributed by atoms with van der Waals surface area (Å²) in [5, 5.41) is 13.4. The summed E-state index contributed by atoms with van der Waals surface area (Å²) in [6.45, 7) is 1.68. The maximum atomic E-state index is 5.04. The number of hydrogen-bond acceptors (Lipinski definition) is 6. The monoisotopic (exact) mass is 404 g/mol. The van der Waals surface area contributed by atoms with Crippen LogP contribution in [0.3, 0.4) is 0 Å². The summed E-state index contributed by atoms with van der Waals surface area (Å²) in [6.07, 6.45) is 3.51. The van der Waals surface area contributed by atoms with Crippen LogP contribution in [0.1, 0.15) is 11.4 Å². The number of nitrogens with zero attached hydrogens (tertiary/aromatic N) is 2. The summed E-state index contributed by atoms with van der Waals surface area (Å²) >= 11 is 13.7. The Morgan fingerprint density at radius 3 is 1.67 bits per heavy atom. The summed E-state index contributed by atoms with van der Waals surface area (Å²) in [7, 11) is 3.63. The number of hydrogen-bond donors (Lipinski definition) is 4. The Bertz CT molecular complexity index is 469. The number of nitrogens with one attached hydrogen (secondary N) is 4. The zero-order valence-electron chi connectivity index (χ0n) is 13.9. The Labute approximate surface area is 163 Å². The van der Waals surface area contributed by atoms with Crippen LogP contribution in [0.5, 0.6) is 0 Å². The van der Waals surface area contributed by atoms with Gasteiger partial charge >= 0.3 is 0 Å². The van der Waals surface area contributed by atoms with Gasteiger partial charge in [-0.05, 0) is 24.4 Å². The second kappa shape index (κ2) is 13.5. The van der Waals surface area contributed by atoms with E-state index < -0.39 is 0 Å². The van der Waals surface area contributed by atoms with Crippen molar-refractivity contribution < 1.29 is 0 Å². The first-order chi connectivity index (χ1) is 11.7. The normalized spacial score (nSPS) is 10.1. The van der Waals surface area contributed by atoms with Crippen LogP contribution in [0.25, 0.3) is 0 Å². The molecule has 0 unspecified atom stereocenters. The van der Waals surface area contributed by atoms with Gasteiger partial charge in [0.15, 0.2) is 10.2 Å². The van der Waals surface area contributed by atoms with E-state index in [0.29, 0.717) is 10.2 Å². The van der Waals surface area contributed by atoms with Crippen LogP contribution in [0.15, 0.2) is 12.4 Å². The molecule has 0 atom stereocenters. The van der Waals surface area contributed by atoms with Crippen molar-refractivity contribution in [3.05, 3.63) is 23.8 Å². The third-order valence-corrected chi connectivity index (χ3v) is 5.49. The Morgan fingerprint density at radius 2 is 1.29 bits per heavy atom. The molecule has 0 aliphatic rings. The van der Waals surface area contributed by atoms with E-state index in [0.717, 1.165) is 47.5 Å². The summed E-state index contributed by atoms with van der Waals surface area (Å²) in [5.74, 6) is 3.66. The molecule has 0 bridgehead atoms. The number of rotatable bonds is 10. The molecule has 0 aliphatic heterocycles. The van der Waals surface area contributed by atoms with Crippen molar-refractivity contribution >= 4 is 58.2 Å². The lowest BCUT2D eigenvalue weighted by molar-refractivity contribution is 0.939. The number of aromatic nitrogens is 2. The van der Waals surface area contributed by atoms with E-state index in [1.54, 1.807) is 12.4 Å². The Hall–Kier alpha value is -0.840. The average molecular weight is 405 g/mol. The van der Waals surface area contributed by atoms with Gasteiger partial charge in [0.2, 0.25) is 0 Å². The van der Waals surface area contributed by atoms with Gasteiger partial charge in [-0.25, -0.2) is 0 Å². The number of thiocarbonyl (C=S) groups is 2. The molecule has 4 N–H and O–H groups in total. The molecule has 134 valence electrons. The predicted octanol–water partition coefficient (Wildman–Crippen LogP) is 1.13. The highest BCUT2D eigenvalue weighted by molar-refractivity contribution is 7.98. The molecular formula is C14H24N6S4. The van der Waals surface area contributed by atoms with Crippen molar-refractivity contribution in [3.8, 4) is 0 Å². The standard InChI is InChI=1S/C14H24N6S4/c1-15-13(21)19-5-7-23-9-11-12(18-4-3-17-11)10-24-8-6-20-14(22)16-2/h3-4H,5-10H2,1-2H3,(H2,15,19,21)(H2,16,20,22). The van der Waals surface area contributed by atoms with E-state index in [-0.39, 0.29) is 0 Å². The molecule has 0 aliphatic carbocycles. The van der Waals surface area contributed by atoms with Crippen molar-refractivity contribution in [1.82, 2.24) is 31.2 Å². The van der Waals surface area contributed by atoms with Gasteiger partial charge in [-0.15, -0.1) is 0 Å². The fraction of sp³-hybridized carbons (Fsp3) is 0.571. The molecule has 10 heteroatoms. The molecule has 0 spiro atoms. The van der Waals surface area contributed by atoms with Crippen molar-refractivity contribution in [2.45, 2.75) is 11.5 Å². The van der Waals surface area contributed by atoms with E-state index in [4.69, 9.17) is 24.4 Å². The van der Waals surface area contributed by atoms with E-state index in [1.807, 2.05) is 37.6 Å². The summed E-state index contributed by atoms with van der Waals surface area (Å²) < 4.78 is 0. The first-order valence-electron chi connectivity index (χ1n) is 7.52. The minimum Gasteiger partial charge on any atom is -0.366 e. The van der Waals surface area contributed by atoms with Crippen LogP contribution >= 0.6 is 48.0 Å². The lowest BCUT2D eigenvalue weighted by atomic mass is 10.3. The third kappa shape index (κ3) is 9.45. The molecule has 1 aromatic heterocycles. The average Bonchev–Trinajstić information content (AvgIpc) is 2.61. The molecule has 0 saturated heterocycles. The summed E-state index contributed by atoms with van der Waals surface area (Å²) in [5.41, 5.74) is 2.12. The van der Waals surface area contributed by atoms with Crippen LogP contribution in [0, 0.1) is 0 Å². The maximum absolute atomic E-state index is 5.04. The van der Waals surface area contributed by atoms with E-state index in [2.05, 4.69) is 31.2 Å². The first kappa shape index (κ1) is 21.2. The van der Waals surface area contributed by atoms with Crippen LogP contribution < -0.4 is 21.3 Å². The second-order valence-electron chi connectivity index (χ2n) is 4.57. The van der Waals surface area contributed by atoms with Crippen molar-refractivity contribution in [2.75, 3.05) is 38.7 Å². The highest BCUT2D eigenvalue weighted by Crippen LogP contribution is 2.17. The molecule has 1 rings (SSSR count). The smallest absolute Gasteiger partial charge is 0.166 e. The number of thioether (sulfide) groups is 2. The van der Waals surface area contributed by atoms with Crippen LogP contribution in [-0.2, 0) is 11.5 Å². The second-order valence-corrected chi connectivity index (χ2v) is 7.59. The molecule has 0 fully saturated rings. The topological polar surface area (TPSA) is 73.9 Å². The van der Waals surface area contributed by atoms with Gasteiger partial charge in [-0.1, -0.05) is 0 Å². The lowest BCUT2D eigenvalue weighted by Crippen LogP contribution is -2.33. The van der Waals surface area contributed by atoms with Crippen molar-refractivity contribution in [2.24, 2.45) is 0 Å². The molecule has 0 amide bonds. The van der Waals surface area contributed by atoms with Crippen LogP contribution in [-0.4, -0.2) is 58.9 Å². The lowest BCUT2D eigenvalue weighted by Gasteiger charge is -2.09. The van der Waals surface area contributed by atoms with Gasteiger partial charge in [0, 0.05) is 62.6 Å². The molecule has 0 saturated carbocycles. The molecule has 6 nitrogen and oxygen atoms in total. The summed E-state index contributed by atoms with van der Waals surface area (Å²) in [4.78, 5) is 8.93. The molecule has 1 heterocycles. The minimum absolute atomic E-state index is 0.679. The van der Waals surface area contributed by atoms with Crippen LogP contribution in [0.2, 0.25) is 0 Å². The van der Waals surface area contributed by atoms with Gasteiger partial charge in [-0.3, -0.25) is 9.97 Å². The van der Waals surface area contributed by atoms with Gasteiger partial charge in [0.25, 0.3) is 0 Å². The highest BCUT2D eigenvalue weighted by Gasteiger charge is 2.05. The maximum Gasteiger partial charge on any atom is 0.166 e. The molecule has 0 aromatic carbocycles. The SMILES string of the molecule is CNC(=S)NCCSCc1nccnc1CSCCNC(=S)NC. The fourth-order valence-corrected chi connectivity index (χ4v) is 3.48. The fourth-order valence-electron chi connectivity index (χ4n) is 1.62.